The number of nitriles is 1. The lowest BCUT2D eigenvalue weighted by Gasteiger charge is -2.08. The number of hydrogen-bond donors (Lipinski definition) is 2. The van der Waals surface area contributed by atoms with Gasteiger partial charge >= 0.3 is 5.97 Å². The average molecular weight is 343 g/mol. The summed E-state index contributed by atoms with van der Waals surface area (Å²) in [6, 6.07) is 7.06. The average Bonchev–Trinajstić information content (AvgIpc) is 2.91. The van der Waals surface area contributed by atoms with Gasteiger partial charge in [-0.2, -0.15) is 5.26 Å². The molecule has 2 rings (SSSR count). The number of hydrogen-bond acceptors (Lipinski definition) is 5. The van der Waals surface area contributed by atoms with E-state index in [1.807, 2.05) is 6.07 Å². The number of carboxylic acid groups (broad SMARTS) is 1. The summed E-state index contributed by atoms with van der Waals surface area (Å²) in [5.41, 5.74) is 0.305. The highest BCUT2D eigenvalue weighted by atomic mass is 35.5. The topological polar surface area (TPSA) is 107 Å². The SMILES string of the molecule is N#Cc1ccc(NS(=O)(=O)c2cc(C(=O)O)cs2)c(Cl)c1. The number of carbonyl (C=O) groups is 1. The minimum atomic E-state index is -3.93. The molecule has 0 radical (unpaired) electrons. The lowest BCUT2D eigenvalue weighted by Crippen LogP contribution is -2.12. The van der Waals surface area contributed by atoms with Gasteiger partial charge in [0.2, 0.25) is 0 Å². The van der Waals surface area contributed by atoms with E-state index in [2.05, 4.69) is 4.72 Å². The molecule has 1 aromatic heterocycles. The summed E-state index contributed by atoms with van der Waals surface area (Å²) < 4.78 is 26.4. The standard InChI is InChI=1S/C12H7ClN2O4S2/c13-9-3-7(5-14)1-2-10(9)15-21(18,19)11-4-8(6-20-11)12(16)17/h1-4,6,15H,(H,16,17). The van der Waals surface area contributed by atoms with E-state index in [0.29, 0.717) is 5.56 Å². The molecular weight excluding hydrogens is 336 g/mol. The number of rotatable bonds is 4. The molecule has 0 atom stereocenters. The van der Waals surface area contributed by atoms with Gasteiger partial charge in [0.05, 0.1) is 27.9 Å². The van der Waals surface area contributed by atoms with Crippen molar-refractivity contribution >= 4 is 44.6 Å². The maximum absolute atomic E-state index is 12.1. The highest BCUT2D eigenvalue weighted by Gasteiger charge is 2.20. The molecule has 1 heterocycles. The molecule has 9 heteroatoms. The van der Waals surface area contributed by atoms with E-state index in [0.717, 1.165) is 17.4 Å². The van der Waals surface area contributed by atoms with Gasteiger partial charge in [0.25, 0.3) is 10.0 Å². The van der Waals surface area contributed by atoms with Crippen LogP contribution in [-0.4, -0.2) is 19.5 Å². The van der Waals surface area contributed by atoms with E-state index in [9.17, 15) is 13.2 Å². The predicted molar refractivity (Wildman–Crippen MR) is 78.3 cm³/mol. The van der Waals surface area contributed by atoms with Crippen molar-refractivity contribution in [2.75, 3.05) is 4.72 Å². The van der Waals surface area contributed by atoms with Gasteiger partial charge in [-0.3, -0.25) is 4.72 Å². The fourth-order valence-corrected chi connectivity index (χ4v) is 3.95. The third-order valence-corrected chi connectivity index (χ3v) is 5.55. The smallest absolute Gasteiger partial charge is 0.336 e. The second-order valence-corrected chi connectivity index (χ2v) is 7.10. The summed E-state index contributed by atoms with van der Waals surface area (Å²) in [5.74, 6) is -1.20. The lowest BCUT2D eigenvalue weighted by molar-refractivity contribution is 0.0697. The fourth-order valence-electron chi connectivity index (χ4n) is 1.43. The van der Waals surface area contributed by atoms with Gasteiger partial charge in [0.15, 0.2) is 0 Å². The van der Waals surface area contributed by atoms with Crippen LogP contribution < -0.4 is 4.72 Å². The second-order valence-electron chi connectivity index (χ2n) is 3.87. The van der Waals surface area contributed by atoms with Crippen LogP contribution in [0.1, 0.15) is 15.9 Å². The Kier molecular flexibility index (Phi) is 4.18. The Hall–Kier alpha value is -2.08. The van der Waals surface area contributed by atoms with Crippen molar-refractivity contribution in [3.05, 3.63) is 45.8 Å². The number of thiophene rings is 1. The number of aromatic carboxylic acids is 1. The van der Waals surface area contributed by atoms with E-state index < -0.39 is 16.0 Å². The maximum atomic E-state index is 12.1. The molecule has 6 nitrogen and oxygen atoms in total. The molecule has 0 amide bonds. The van der Waals surface area contributed by atoms with Crippen molar-refractivity contribution in [2.45, 2.75) is 4.21 Å². The summed E-state index contributed by atoms with van der Waals surface area (Å²) in [4.78, 5) is 10.8. The minimum Gasteiger partial charge on any atom is -0.478 e. The van der Waals surface area contributed by atoms with Crippen LogP contribution >= 0.6 is 22.9 Å². The number of anilines is 1. The molecule has 0 fully saturated rings. The first kappa shape index (κ1) is 15.3. The molecule has 1 aromatic carbocycles. The highest BCUT2D eigenvalue weighted by Crippen LogP contribution is 2.28. The molecule has 2 N–H and O–H groups in total. The molecule has 0 aliphatic heterocycles. The molecule has 0 unspecified atom stereocenters. The first-order valence-corrected chi connectivity index (χ1v) is 8.12. The molecule has 0 saturated carbocycles. The van der Waals surface area contributed by atoms with E-state index in [-0.39, 0.29) is 20.5 Å². The summed E-state index contributed by atoms with van der Waals surface area (Å²) in [7, 11) is -3.93. The molecule has 21 heavy (non-hydrogen) atoms. The number of sulfonamides is 1. The number of benzene rings is 1. The van der Waals surface area contributed by atoms with Crippen LogP contribution in [0.5, 0.6) is 0 Å². The first-order chi connectivity index (χ1) is 9.83. The zero-order valence-electron chi connectivity index (χ0n) is 10.2. The number of nitrogens with zero attached hydrogens (tertiary/aromatic N) is 1. The Morgan fingerprint density at radius 1 is 1.38 bits per heavy atom. The Bertz CT molecular complexity index is 852. The molecule has 108 valence electrons. The van der Waals surface area contributed by atoms with Gasteiger partial charge in [-0.15, -0.1) is 11.3 Å². The van der Waals surface area contributed by atoms with Crippen LogP contribution in [0.2, 0.25) is 5.02 Å². The zero-order valence-corrected chi connectivity index (χ0v) is 12.6. The lowest BCUT2D eigenvalue weighted by atomic mass is 10.2. The zero-order chi connectivity index (χ0) is 15.6. The largest absolute Gasteiger partial charge is 0.478 e. The van der Waals surface area contributed by atoms with E-state index in [1.54, 1.807) is 0 Å². The van der Waals surface area contributed by atoms with Gasteiger partial charge in [-0.25, -0.2) is 13.2 Å². The monoisotopic (exact) mass is 342 g/mol. The highest BCUT2D eigenvalue weighted by molar-refractivity contribution is 7.94. The van der Waals surface area contributed by atoms with E-state index >= 15 is 0 Å². The van der Waals surface area contributed by atoms with Gasteiger partial charge < -0.3 is 5.11 Å². The van der Waals surface area contributed by atoms with Gasteiger partial charge in [0, 0.05) is 5.38 Å². The molecule has 2 aromatic rings. The fraction of sp³-hybridized carbons (Fsp3) is 0. The summed E-state index contributed by atoms with van der Waals surface area (Å²) >= 11 is 6.68. The molecular formula is C12H7ClN2O4S2. The normalized spacial score (nSPS) is 10.9. The molecule has 0 spiro atoms. The van der Waals surface area contributed by atoms with Crippen LogP contribution in [0.15, 0.2) is 33.9 Å². The van der Waals surface area contributed by atoms with Crippen LogP contribution in [0, 0.1) is 11.3 Å². The number of halogens is 1. The van der Waals surface area contributed by atoms with Crippen LogP contribution in [0.25, 0.3) is 0 Å². The van der Waals surface area contributed by atoms with Gasteiger partial charge in [-0.1, -0.05) is 11.6 Å². The van der Waals surface area contributed by atoms with Gasteiger partial charge in [0.1, 0.15) is 4.21 Å². The van der Waals surface area contributed by atoms with Crippen molar-refractivity contribution in [2.24, 2.45) is 0 Å². The van der Waals surface area contributed by atoms with E-state index in [1.165, 1.54) is 23.6 Å². The third kappa shape index (κ3) is 3.33. The minimum absolute atomic E-state index is 0.0765. The summed E-state index contributed by atoms with van der Waals surface area (Å²) in [5, 5.41) is 18.8. The Morgan fingerprint density at radius 2 is 2.10 bits per heavy atom. The third-order valence-electron chi connectivity index (χ3n) is 2.43. The van der Waals surface area contributed by atoms with Crippen molar-refractivity contribution in [3.8, 4) is 6.07 Å². The molecule has 0 saturated heterocycles. The molecule has 0 bridgehead atoms. The van der Waals surface area contributed by atoms with Gasteiger partial charge in [-0.05, 0) is 24.3 Å². The number of carboxylic acids is 1. The van der Waals surface area contributed by atoms with Crippen molar-refractivity contribution < 1.29 is 18.3 Å². The van der Waals surface area contributed by atoms with Crippen molar-refractivity contribution in [1.29, 1.82) is 5.26 Å². The van der Waals surface area contributed by atoms with E-state index in [4.69, 9.17) is 22.0 Å². The number of nitrogens with one attached hydrogen (secondary N) is 1. The summed E-state index contributed by atoms with van der Waals surface area (Å²) in [6.07, 6.45) is 0. The maximum Gasteiger partial charge on any atom is 0.336 e. The Morgan fingerprint density at radius 3 is 2.62 bits per heavy atom. The molecule has 0 aliphatic rings. The van der Waals surface area contributed by atoms with Crippen LogP contribution in [-0.2, 0) is 10.0 Å². The quantitative estimate of drug-likeness (QED) is 0.888. The van der Waals surface area contributed by atoms with Crippen LogP contribution in [0.4, 0.5) is 5.69 Å². The summed E-state index contributed by atoms with van der Waals surface area (Å²) in [6.45, 7) is 0. The van der Waals surface area contributed by atoms with Crippen molar-refractivity contribution in [1.82, 2.24) is 0 Å². The van der Waals surface area contributed by atoms with Crippen LogP contribution in [0.3, 0.4) is 0 Å². The second kappa shape index (κ2) is 5.73. The molecule has 0 aliphatic carbocycles. The van der Waals surface area contributed by atoms with Crippen molar-refractivity contribution in [3.63, 3.8) is 0 Å². The Balaban J connectivity index is 2.33. The first-order valence-electron chi connectivity index (χ1n) is 5.38. The predicted octanol–water partition coefficient (Wildman–Crippen LogP) is 2.77. The Labute approximate surface area is 129 Å².